The van der Waals surface area contributed by atoms with E-state index in [4.69, 9.17) is 0 Å². The van der Waals surface area contributed by atoms with Crippen molar-refractivity contribution in [2.75, 3.05) is 0 Å². The number of hydrogen-bond donors (Lipinski definition) is 1. The first-order valence-electron chi connectivity index (χ1n) is 7.88. The standard InChI is InChI=1S/C19H16F2N2O2S/c1-12-16(26-18(23-12)14-5-3-2-4-6-14)17(24)22-11-13-7-9-15(10-8-13)25-19(20)21/h2-10,19H,11H2,1H3,(H,22,24). The van der Waals surface area contributed by atoms with Crippen LogP contribution >= 0.6 is 11.3 Å². The normalized spacial score (nSPS) is 10.8. The minimum absolute atomic E-state index is 0.0841. The molecule has 0 radical (unpaired) electrons. The van der Waals surface area contributed by atoms with E-state index in [2.05, 4.69) is 15.0 Å². The second-order valence-corrected chi connectivity index (χ2v) is 6.50. The molecule has 1 N–H and O–H groups in total. The number of thiazole rings is 1. The van der Waals surface area contributed by atoms with Gasteiger partial charge in [-0.05, 0) is 24.6 Å². The van der Waals surface area contributed by atoms with E-state index >= 15 is 0 Å². The number of hydrogen-bond acceptors (Lipinski definition) is 4. The number of aromatic nitrogens is 1. The van der Waals surface area contributed by atoms with Gasteiger partial charge in [-0.3, -0.25) is 4.79 Å². The van der Waals surface area contributed by atoms with Crippen LogP contribution < -0.4 is 10.1 Å². The van der Waals surface area contributed by atoms with Gasteiger partial charge in [-0.1, -0.05) is 42.5 Å². The van der Waals surface area contributed by atoms with Gasteiger partial charge in [-0.2, -0.15) is 8.78 Å². The molecular formula is C19H16F2N2O2S. The summed E-state index contributed by atoms with van der Waals surface area (Å²) in [7, 11) is 0. The fraction of sp³-hybridized carbons (Fsp3) is 0.158. The van der Waals surface area contributed by atoms with E-state index in [9.17, 15) is 13.6 Å². The van der Waals surface area contributed by atoms with Gasteiger partial charge in [-0.25, -0.2) is 4.98 Å². The molecular weight excluding hydrogens is 358 g/mol. The molecule has 0 aliphatic heterocycles. The van der Waals surface area contributed by atoms with Crippen molar-refractivity contribution in [1.29, 1.82) is 0 Å². The number of carbonyl (C=O) groups excluding carboxylic acids is 1. The van der Waals surface area contributed by atoms with E-state index in [1.807, 2.05) is 30.3 Å². The molecule has 3 aromatic rings. The monoisotopic (exact) mass is 374 g/mol. The molecule has 3 rings (SSSR count). The molecule has 0 spiro atoms. The number of nitrogens with one attached hydrogen (secondary N) is 1. The summed E-state index contributed by atoms with van der Waals surface area (Å²) in [5.74, 6) is -0.129. The van der Waals surface area contributed by atoms with Crippen molar-refractivity contribution in [2.45, 2.75) is 20.1 Å². The molecule has 1 heterocycles. The van der Waals surface area contributed by atoms with Crippen LogP contribution in [0.25, 0.3) is 10.6 Å². The quantitative estimate of drug-likeness (QED) is 0.683. The van der Waals surface area contributed by atoms with Gasteiger partial charge in [0, 0.05) is 12.1 Å². The molecule has 1 amide bonds. The topological polar surface area (TPSA) is 51.2 Å². The largest absolute Gasteiger partial charge is 0.435 e. The van der Waals surface area contributed by atoms with E-state index in [0.717, 1.165) is 16.1 Å². The first-order chi connectivity index (χ1) is 12.5. The Bertz CT molecular complexity index is 880. The van der Waals surface area contributed by atoms with Gasteiger partial charge >= 0.3 is 6.61 Å². The molecule has 134 valence electrons. The number of amides is 1. The zero-order valence-corrected chi connectivity index (χ0v) is 14.7. The lowest BCUT2D eigenvalue weighted by atomic mass is 10.2. The van der Waals surface area contributed by atoms with E-state index in [1.54, 1.807) is 19.1 Å². The summed E-state index contributed by atoms with van der Waals surface area (Å²) in [6.45, 7) is -0.770. The molecule has 0 aliphatic carbocycles. The summed E-state index contributed by atoms with van der Waals surface area (Å²) in [5.41, 5.74) is 2.42. The summed E-state index contributed by atoms with van der Waals surface area (Å²) < 4.78 is 28.6. The first-order valence-corrected chi connectivity index (χ1v) is 8.69. The summed E-state index contributed by atoms with van der Waals surface area (Å²) in [6.07, 6.45) is 0. The van der Waals surface area contributed by atoms with Gasteiger partial charge in [0.25, 0.3) is 5.91 Å². The number of benzene rings is 2. The fourth-order valence-corrected chi connectivity index (χ4v) is 3.35. The molecule has 0 aliphatic rings. The van der Waals surface area contributed by atoms with Crippen molar-refractivity contribution < 1.29 is 18.3 Å². The highest BCUT2D eigenvalue weighted by atomic mass is 32.1. The molecule has 0 atom stereocenters. The molecule has 2 aromatic carbocycles. The lowest BCUT2D eigenvalue weighted by molar-refractivity contribution is -0.0498. The van der Waals surface area contributed by atoms with Crippen molar-refractivity contribution in [1.82, 2.24) is 10.3 Å². The number of carbonyl (C=O) groups is 1. The molecule has 0 fully saturated rings. The van der Waals surface area contributed by atoms with Crippen LogP contribution in [0, 0.1) is 6.92 Å². The van der Waals surface area contributed by atoms with Crippen LogP contribution in [0.2, 0.25) is 0 Å². The Morgan fingerprint density at radius 1 is 1.15 bits per heavy atom. The third-order valence-corrected chi connectivity index (χ3v) is 4.83. The third-order valence-electron chi connectivity index (χ3n) is 3.63. The Labute approximate surface area is 153 Å². The average Bonchev–Trinajstić information content (AvgIpc) is 3.03. The Morgan fingerprint density at radius 2 is 1.85 bits per heavy atom. The van der Waals surface area contributed by atoms with Crippen molar-refractivity contribution in [3.05, 3.63) is 70.7 Å². The van der Waals surface area contributed by atoms with Gasteiger partial charge in [0.15, 0.2) is 0 Å². The van der Waals surface area contributed by atoms with Crippen LogP contribution in [0.1, 0.15) is 20.9 Å². The lowest BCUT2D eigenvalue weighted by Crippen LogP contribution is -2.22. The third kappa shape index (κ3) is 4.43. The van der Waals surface area contributed by atoms with Gasteiger partial charge in [0.2, 0.25) is 0 Å². The molecule has 0 saturated carbocycles. The summed E-state index contributed by atoms with van der Waals surface area (Å²) in [4.78, 5) is 17.5. The number of alkyl halides is 2. The van der Waals surface area contributed by atoms with Crippen LogP contribution in [0.4, 0.5) is 8.78 Å². The van der Waals surface area contributed by atoms with E-state index in [1.165, 1.54) is 23.5 Å². The highest BCUT2D eigenvalue weighted by Gasteiger charge is 2.16. The number of nitrogens with zero attached hydrogens (tertiary/aromatic N) is 1. The number of halogens is 2. The second-order valence-electron chi connectivity index (χ2n) is 5.50. The minimum Gasteiger partial charge on any atom is -0.435 e. The Balaban J connectivity index is 1.64. The molecule has 0 saturated heterocycles. The van der Waals surface area contributed by atoms with Crippen molar-refractivity contribution in [3.8, 4) is 16.3 Å². The maximum atomic E-state index is 12.4. The molecule has 7 heteroatoms. The Kier molecular flexibility index (Phi) is 5.58. The van der Waals surface area contributed by atoms with Crippen molar-refractivity contribution >= 4 is 17.2 Å². The maximum absolute atomic E-state index is 12.4. The molecule has 0 bridgehead atoms. The predicted molar refractivity (Wildman–Crippen MR) is 96.5 cm³/mol. The smallest absolute Gasteiger partial charge is 0.387 e. The zero-order valence-electron chi connectivity index (χ0n) is 13.9. The summed E-state index contributed by atoms with van der Waals surface area (Å²) in [5, 5.41) is 3.62. The first kappa shape index (κ1) is 18.0. The lowest BCUT2D eigenvalue weighted by Gasteiger charge is -2.07. The predicted octanol–water partition coefficient (Wildman–Crippen LogP) is 4.65. The summed E-state index contributed by atoms with van der Waals surface area (Å²) >= 11 is 1.34. The fourth-order valence-electron chi connectivity index (χ4n) is 2.36. The van der Waals surface area contributed by atoms with Gasteiger partial charge < -0.3 is 10.1 Å². The molecule has 4 nitrogen and oxygen atoms in total. The Hall–Kier alpha value is -2.80. The highest BCUT2D eigenvalue weighted by Crippen LogP contribution is 2.27. The van der Waals surface area contributed by atoms with E-state index in [-0.39, 0.29) is 18.2 Å². The molecule has 1 aromatic heterocycles. The van der Waals surface area contributed by atoms with Crippen LogP contribution in [0.3, 0.4) is 0 Å². The van der Waals surface area contributed by atoms with E-state index in [0.29, 0.717) is 10.6 Å². The molecule has 0 unspecified atom stereocenters. The number of rotatable bonds is 6. The average molecular weight is 374 g/mol. The summed E-state index contributed by atoms with van der Waals surface area (Å²) in [6, 6.07) is 15.8. The zero-order chi connectivity index (χ0) is 18.5. The maximum Gasteiger partial charge on any atom is 0.387 e. The van der Waals surface area contributed by atoms with Crippen molar-refractivity contribution in [2.24, 2.45) is 0 Å². The number of ether oxygens (including phenoxy) is 1. The second kappa shape index (κ2) is 8.05. The SMILES string of the molecule is Cc1nc(-c2ccccc2)sc1C(=O)NCc1ccc(OC(F)F)cc1. The van der Waals surface area contributed by atoms with E-state index < -0.39 is 6.61 Å². The Morgan fingerprint density at radius 3 is 2.50 bits per heavy atom. The van der Waals surface area contributed by atoms with Crippen molar-refractivity contribution in [3.63, 3.8) is 0 Å². The minimum atomic E-state index is -2.85. The number of aryl methyl sites for hydroxylation is 1. The highest BCUT2D eigenvalue weighted by molar-refractivity contribution is 7.17. The van der Waals surface area contributed by atoms with Gasteiger partial charge in [0.1, 0.15) is 15.6 Å². The van der Waals surface area contributed by atoms with Crippen LogP contribution in [-0.4, -0.2) is 17.5 Å². The van der Waals surface area contributed by atoms with Crippen LogP contribution in [-0.2, 0) is 6.54 Å². The molecule has 26 heavy (non-hydrogen) atoms. The van der Waals surface area contributed by atoms with Crippen LogP contribution in [0.15, 0.2) is 54.6 Å². The van der Waals surface area contributed by atoms with Crippen LogP contribution in [0.5, 0.6) is 5.75 Å². The van der Waals surface area contributed by atoms with Gasteiger partial charge in [-0.15, -0.1) is 11.3 Å². The van der Waals surface area contributed by atoms with Gasteiger partial charge in [0.05, 0.1) is 5.69 Å².